The molecule has 1 atom stereocenters. The summed E-state index contributed by atoms with van der Waals surface area (Å²) in [6, 6.07) is 1.23. The van der Waals surface area contributed by atoms with E-state index in [9.17, 15) is 0 Å². The Morgan fingerprint density at radius 3 is 2.69 bits per heavy atom. The van der Waals surface area contributed by atoms with Crippen LogP contribution in [-0.2, 0) is 0 Å². The molecule has 2 rings (SSSR count). The first kappa shape index (κ1) is 11.6. The smallest absolute Gasteiger partial charge is 0.147 e. The van der Waals surface area contributed by atoms with Crippen molar-refractivity contribution in [1.29, 1.82) is 0 Å². The van der Waals surface area contributed by atoms with Crippen molar-refractivity contribution in [3.05, 3.63) is 11.6 Å². The Labute approximate surface area is 97.5 Å². The van der Waals surface area contributed by atoms with E-state index < -0.39 is 0 Å². The molecule has 90 valence electrons. The molecule has 0 spiro atoms. The maximum Gasteiger partial charge on any atom is 0.147 e. The Morgan fingerprint density at radius 2 is 2.19 bits per heavy atom. The number of aryl methyl sites for hydroxylation is 2. The van der Waals surface area contributed by atoms with Crippen LogP contribution in [0.4, 0.5) is 0 Å². The van der Waals surface area contributed by atoms with Crippen LogP contribution in [0.3, 0.4) is 0 Å². The van der Waals surface area contributed by atoms with Crippen LogP contribution in [0, 0.1) is 13.8 Å². The van der Waals surface area contributed by atoms with Crippen molar-refractivity contribution in [3.8, 4) is 0 Å². The highest BCUT2D eigenvalue weighted by Gasteiger charge is 2.23. The summed E-state index contributed by atoms with van der Waals surface area (Å²) >= 11 is 0. The van der Waals surface area contributed by atoms with E-state index in [4.69, 9.17) is 0 Å². The standard InChI is InChI=1S/C12H22N4/c1-4-5-12(8-13-11-6-7-11)16-10(3)14-9(2)15-16/h11-13H,4-8H2,1-3H3. The Kier molecular flexibility index (Phi) is 3.59. The molecule has 1 fully saturated rings. The van der Waals surface area contributed by atoms with Crippen LogP contribution in [0.15, 0.2) is 0 Å². The molecule has 1 unspecified atom stereocenters. The molecule has 1 aromatic heterocycles. The molecule has 1 aliphatic carbocycles. The van der Waals surface area contributed by atoms with Crippen LogP contribution in [-0.4, -0.2) is 27.4 Å². The highest BCUT2D eigenvalue weighted by atomic mass is 15.4. The van der Waals surface area contributed by atoms with Crippen molar-refractivity contribution < 1.29 is 0 Å². The first-order valence-corrected chi connectivity index (χ1v) is 6.33. The van der Waals surface area contributed by atoms with Gasteiger partial charge in [-0.2, -0.15) is 5.10 Å². The number of hydrogen-bond acceptors (Lipinski definition) is 3. The van der Waals surface area contributed by atoms with Crippen LogP contribution in [0.25, 0.3) is 0 Å². The van der Waals surface area contributed by atoms with Crippen LogP contribution < -0.4 is 5.32 Å². The van der Waals surface area contributed by atoms with Crippen molar-refractivity contribution in [2.75, 3.05) is 6.54 Å². The molecule has 0 aliphatic heterocycles. The van der Waals surface area contributed by atoms with Gasteiger partial charge in [0.05, 0.1) is 6.04 Å². The highest BCUT2D eigenvalue weighted by Crippen LogP contribution is 2.21. The number of rotatable bonds is 6. The zero-order chi connectivity index (χ0) is 11.5. The van der Waals surface area contributed by atoms with Gasteiger partial charge in [0, 0.05) is 12.6 Å². The van der Waals surface area contributed by atoms with E-state index in [0.29, 0.717) is 6.04 Å². The number of hydrogen-bond donors (Lipinski definition) is 1. The van der Waals surface area contributed by atoms with Gasteiger partial charge in [0.2, 0.25) is 0 Å². The van der Waals surface area contributed by atoms with E-state index in [-0.39, 0.29) is 0 Å². The van der Waals surface area contributed by atoms with E-state index in [1.54, 1.807) is 0 Å². The highest BCUT2D eigenvalue weighted by molar-refractivity contribution is 4.92. The summed E-state index contributed by atoms with van der Waals surface area (Å²) in [4.78, 5) is 4.38. The Morgan fingerprint density at radius 1 is 1.44 bits per heavy atom. The molecular formula is C12H22N4. The fourth-order valence-electron chi connectivity index (χ4n) is 2.12. The maximum absolute atomic E-state index is 4.49. The molecular weight excluding hydrogens is 200 g/mol. The second kappa shape index (κ2) is 4.95. The summed E-state index contributed by atoms with van der Waals surface area (Å²) in [5.74, 6) is 1.92. The van der Waals surface area contributed by atoms with Crippen LogP contribution >= 0.6 is 0 Å². The van der Waals surface area contributed by atoms with E-state index in [1.165, 1.54) is 25.7 Å². The van der Waals surface area contributed by atoms with Crippen molar-refractivity contribution in [1.82, 2.24) is 20.1 Å². The number of nitrogens with zero attached hydrogens (tertiary/aromatic N) is 3. The van der Waals surface area contributed by atoms with Crippen LogP contribution in [0.1, 0.15) is 50.3 Å². The minimum Gasteiger partial charge on any atom is -0.312 e. The second-order valence-electron chi connectivity index (χ2n) is 4.78. The topological polar surface area (TPSA) is 42.7 Å². The molecule has 1 N–H and O–H groups in total. The van der Waals surface area contributed by atoms with Crippen molar-refractivity contribution in [2.24, 2.45) is 0 Å². The van der Waals surface area contributed by atoms with Gasteiger partial charge in [0.1, 0.15) is 11.6 Å². The minimum absolute atomic E-state index is 0.465. The Balaban J connectivity index is 2.01. The molecule has 0 radical (unpaired) electrons. The Bertz CT molecular complexity index is 341. The monoisotopic (exact) mass is 222 g/mol. The van der Waals surface area contributed by atoms with E-state index in [2.05, 4.69) is 27.0 Å². The lowest BCUT2D eigenvalue weighted by atomic mass is 10.1. The quantitative estimate of drug-likeness (QED) is 0.800. The molecule has 1 heterocycles. The molecule has 0 bridgehead atoms. The molecule has 4 nitrogen and oxygen atoms in total. The largest absolute Gasteiger partial charge is 0.312 e. The van der Waals surface area contributed by atoms with Crippen molar-refractivity contribution in [3.63, 3.8) is 0 Å². The third-order valence-corrected chi connectivity index (χ3v) is 3.09. The third kappa shape index (κ3) is 2.82. The fraction of sp³-hybridized carbons (Fsp3) is 0.833. The maximum atomic E-state index is 4.49. The molecule has 0 saturated heterocycles. The van der Waals surface area contributed by atoms with Gasteiger partial charge in [-0.1, -0.05) is 13.3 Å². The van der Waals surface area contributed by atoms with E-state index >= 15 is 0 Å². The number of aromatic nitrogens is 3. The van der Waals surface area contributed by atoms with E-state index in [1.807, 2.05) is 13.8 Å². The summed E-state index contributed by atoms with van der Waals surface area (Å²) in [6.45, 7) is 7.26. The van der Waals surface area contributed by atoms with Gasteiger partial charge in [-0.3, -0.25) is 0 Å². The summed E-state index contributed by atoms with van der Waals surface area (Å²) in [7, 11) is 0. The van der Waals surface area contributed by atoms with Crippen LogP contribution in [0.2, 0.25) is 0 Å². The second-order valence-corrected chi connectivity index (χ2v) is 4.78. The zero-order valence-corrected chi connectivity index (χ0v) is 10.5. The molecule has 0 aromatic carbocycles. The van der Waals surface area contributed by atoms with Gasteiger partial charge in [0.25, 0.3) is 0 Å². The SMILES string of the molecule is CCCC(CNC1CC1)n1nc(C)nc1C. The third-order valence-electron chi connectivity index (χ3n) is 3.09. The average Bonchev–Trinajstić information content (AvgIpc) is 2.99. The molecule has 1 aromatic rings. The normalized spacial score (nSPS) is 17.7. The predicted molar refractivity (Wildman–Crippen MR) is 64.5 cm³/mol. The summed E-state index contributed by atoms with van der Waals surface area (Å²) < 4.78 is 2.09. The number of nitrogens with one attached hydrogen (secondary N) is 1. The average molecular weight is 222 g/mol. The molecule has 1 aliphatic rings. The summed E-state index contributed by atoms with van der Waals surface area (Å²) in [5, 5.41) is 8.08. The predicted octanol–water partition coefficient (Wildman–Crippen LogP) is 1.99. The van der Waals surface area contributed by atoms with Crippen LogP contribution in [0.5, 0.6) is 0 Å². The van der Waals surface area contributed by atoms with Gasteiger partial charge in [-0.25, -0.2) is 9.67 Å². The zero-order valence-electron chi connectivity index (χ0n) is 10.5. The first-order valence-electron chi connectivity index (χ1n) is 6.33. The lowest BCUT2D eigenvalue weighted by Crippen LogP contribution is -2.28. The van der Waals surface area contributed by atoms with Gasteiger partial charge < -0.3 is 5.32 Å². The molecule has 4 heteroatoms. The van der Waals surface area contributed by atoms with E-state index in [0.717, 1.165) is 24.2 Å². The molecule has 0 amide bonds. The van der Waals surface area contributed by atoms with Crippen molar-refractivity contribution >= 4 is 0 Å². The molecule has 16 heavy (non-hydrogen) atoms. The van der Waals surface area contributed by atoms with Gasteiger partial charge in [-0.15, -0.1) is 0 Å². The lowest BCUT2D eigenvalue weighted by molar-refractivity contribution is 0.385. The lowest BCUT2D eigenvalue weighted by Gasteiger charge is -2.18. The minimum atomic E-state index is 0.465. The van der Waals surface area contributed by atoms with Gasteiger partial charge in [0.15, 0.2) is 0 Å². The van der Waals surface area contributed by atoms with Crippen molar-refractivity contribution in [2.45, 2.75) is 58.5 Å². The van der Waals surface area contributed by atoms with Gasteiger partial charge >= 0.3 is 0 Å². The molecule has 1 saturated carbocycles. The Hall–Kier alpha value is -0.900. The first-order chi connectivity index (χ1) is 7.70. The summed E-state index contributed by atoms with van der Waals surface area (Å²) in [5.41, 5.74) is 0. The van der Waals surface area contributed by atoms with Gasteiger partial charge in [-0.05, 0) is 33.1 Å². The summed E-state index contributed by atoms with van der Waals surface area (Å²) in [6.07, 6.45) is 5.04. The fourth-order valence-corrected chi connectivity index (χ4v) is 2.12.